The lowest BCUT2D eigenvalue weighted by molar-refractivity contribution is 0.605. The van der Waals surface area contributed by atoms with Crippen LogP contribution in [0.2, 0.25) is 0 Å². The summed E-state index contributed by atoms with van der Waals surface area (Å²) in [7, 11) is 2.01. The lowest BCUT2D eigenvalue weighted by Gasteiger charge is -2.06. The summed E-state index contributed by atoms with van der Waals surface area (Å²) in [5.41, 5.74) is 2.86. The predicted molar refractivity (Wildman–Crippen MR) is 81.8 cm³/mol. The third kappa shape index (κ3) is 2.19. The number of anilines is 1. The zero-order valence-corrected chi connectivity index (χ0v) is 12.1. The average Bonchev–Trinajstić information content (AvgIpc) is 2.73. The molecule has 0 fully saturated rings. The van der Waals surface area contributed by atoms with Crippen molar-refractivity contribution in [3.05, 3.63) is 24.3 Å². The van der Waals surface area contributed by atoms with Gasteiger partial charge in [0.25, 0.3) is 0 Å². The van der Waals surface area contributed by atoms with Gasteiger partial charge < -0.3 is 9.88 Å². The lowest BCUT2D eigenvalue weighted by Crippen LogP contribution is -2.09. The summed E-state index contributed by atoms with van der Waals surface area (Å²) in [4.78, 5) is 4.59. The molecule has 0 amide bonds. The molecule has 0 spiro atoms. The molecule has 5 nitrogen and oxygen atoms in total. The molecular formula is C15H19N5. The van der Waals surface area contributed by atoms with Crippen LogP contribution >= 0.6 is 0 Å². The zero-order chi connectivity index (χ0) is 14.1. The van der Waals surface area contributed by atoms with Gasteiger partial charge in [-0.1, -0.05) is 32.0 Å². The Morgan fingerprint density at radius 3 is 2.80 bits per heavy atom. The Hall–Kier alpha value is -2.17. The molecule has 2 aromatic heterocycles. The number of aryl methyl sites for hydroxylation is 1. The molecule has 0 unspecified atom stereocenters. The average molecular weight is 269 g/mol. The molecule has 3 aromatic rings. The van der Waals surface area contributed by atoms with Gasteiger partial charge in [-0.05, 0) is 18.4 Å². The first kappa shape index (κ1) is 12.8. The molecule has 0 radical (unpaired) electrons. The van der Waals surface area contributed by atoms with E-state index in [2.05, 4.69) is 51.0 Å². The summed E-state index contributed by atoms with van der Waals surface area (Å²) in [6.07, 6.45) is 1.09. The molecule has 0 atom stereocenters. The molecule has 0 saturated heterocycles. The van der Waals surface area contributed by atoms with E-state index in [0.29, 0.717) is 11.9 Å². The van der Waals surface area contributed by atoms with Gasteiger partial charge in [0.05, 0.1) is 5.52 Å². The van der Waals surface area contributed by atoms with Gasteiger partial charge >= 0.3 is 0 Å². The summed E-state index contributed by atoms with van der Waals surface area (Å²) in [5.74, 6) is 1.26. The normalized spacial score (nSPS) is 11.6. The number of fused-ring (bicyclic) bond motifs is 3. The van der Waals surface area contributed by atoms with Crippen molar-refractivity contribution in [3.8, 4) is 0 Å². The molecule has 20 heavy (non-hydrogen) atoms. The van der Waals surface area contributed by atoms with E-state index in [1.807, 2.05) is 19.2 Å². The molecule has 5 heteroatoms. The molecule has 0 saturated carbocycles. The van der Waals surface area contributed by atoms with Gasteiger partial charge in [0, 0.05) is 19.0 Å². The minimum Gasteiger partial charge on any atom is -0.353 e. The number of nitrogens with zero attached hydrogens (tertiary/aromatic N) is 4. The van der Waals surface area contributed by atoms with Gasteiger partial charge in [0.15, 0.2) is 5.65 Å². The molecule has 3 rings (SSSR count). The number of aromatic nitrogens is 4. The van der Waals surface area contributed by atoms with E-state index in [4.69, 9.17) is 0 Å². The summed E-state index contributed by atoms with van der Waals surface area (Å²) in [5, 5.41) is 12.9. The number of rotatable bonds is 4. The van der Waals surface area contributed by atoms with Gasteiger partial charge in [-0.2, -0.15) is 4.98 Å². The van der Waals surface area contributed by atoms with Crippen molar-refractivity contribution in [2.75, 3.05) is 11.9 Å². The van der Waals surface area contributed by atoms with E-state index in [0.717, 1.165) is 35.0 Å². The largest absolute Gasteiger partial charge is 0.353 e. The number of hydrogen-bond acceptors (Lipinski definition) is 4. The second kappa shape index (κ2) is 5.07. The van der Waals surface area contributed by atoms with Crippen LogP contribution in [0.25, 0.3) is 22.1 Å². The van der Waals surface area contributed by atoms with E-state index >= 15 is 0 Å². The molecule has 2 heterocycles. The van der Waals surface area contributed by atoms with Crippen LogP contribution in [0.5, 0.6) is 0 Å². The highest BCUT2D eigenvalue weighted by atomic mass is 15.3. The molecule has 1 aromatic carbocycles. The van der Waals surface area contributed by atoms with E-state index in [-0.39, 0.29) is 0 Å². The Balaban J connectivity index is 1.99. The highest BCUT2D eigenvalue weighted by molar-refractivity contribution is 6.04. The third-order valence-corrected chi connectivity index (χ3v) is 3.51. The molecule has 0 aliphatic carbocycles. The first-order chi connectivity index (χ1) is 9.66. The van der Waals surface area contributed by atoms with E-state index in [1.165, 1.54) is 0 Å². The highest BCUT2D eigenvalue weighted by Gasteiger charge is 2.11. The quantitative estimate of drug-likeness (QED) is 0.791. The fourth-order valence-electron chi connectivity index (χ4n) is 2.35. The number of hydrogen-bond donors (Lipinski definition) is 1. The van der Waals surface area contributed by atoms with Crippen LogP contribution in [0.1, 0.15) is 20.3 Å². The number of nitrogens with one attached hydrogen (secondary N) is 1. The molecule has 1 N–H and O–H groups in total. The van der Waals surface area contributed by atoms with Crippen molar-refractivity contribution in [1.29, 1.82) is 0 Å². The number of benzene rings is 1. The minimum atomic E-state index is 0.601. The van der Waals surface area contributed by atoms with Crippen LogP contribution in [0.4, 0.5) is 5.95 Å². The topological polar surface area (TPSA) is 55.6 Å². The minimum absolute atomic E-state index is 0.601. The van der Waals surface area contributed by atoms with Crippen LogP contribution in [0.15, 0.2) is 24.3 Å². The maximum atomic E-state index is 4.59. The summed E-state index contributed by atoms with van der Waals surface area (Å²) < 4.78 is 2.06. The van der Waals surface area contributed by atoms with E-state index in [9.17, 15) is 0 Å². The van der Waals surface area contributed by atoms with Crippen molar-refractivity contribution < 1.29 is 0 Å². The maximum Gasteiger partial charge on any atom is 0.244 e. The van der Waals surface area contributed by atoms with Crippen LogP contribution in [-0.4, -0.2) is 26.3 Å². The van der Waals surface area contributed by atoms with Crippen LogP contribution in [-0.2, 0) is 7.05 Å². The van der Waals surface area contributed by atoms with Crippen molar-refractivity contribution >= 4 is 28.0 Å². The fourth-order valence-corrected chi connectivity index (χ4v) is 2.35. The Labute approximate surface area is 118 Å². The van der Waals surface area contributed by atoms with Gasteiger partial charge in [0.2, 0.25) is 5.95 Å². The van der Waals surface area contributed by atoms with Gasteiger partial charge in [-0.15, -0.1) is 10.2 Å². The Kier molecular flexibility index (Phi) is 3.26. The van der Waals surface area contributed by atoms with E-state index < -0.39 is 0 Å². The number of para-hydroxylation sites is 1. The standard InChI is InChI=1S/C15H19N5/c1-10(2)8-9-16-15-17-14-13(18-19-15)11-6-4-5-7-12(11)20(14)3/h4-7,10H,8-9H2,1-3H3,(H,16,17,19). The Morgan fingerprint density at radius 2 is 2.00 bits per heavy atom. The van der Waals surface area contributed by atoms with Crippen molar-refractivity contribution in [2.45, 2.75) is 20.3 Å². The second-order valence-corrected chi connectivity index (χ2v) is 5.49. The molecule has 0 aliphatic rings. The molecular weight excluding hydrogens is 250 g/mol. The second-order valence-electron chi connectivity index (χ2n) is 5.49. The highest BCUT2D eigenvalue weighted by Crippen LogP contribution is 2.24. The van der Waals surface area contributed by atoms with Gasteiger partial charge in [-0.25, -0.2) is 0 Å². The molecule has 0 aliphatic heterocycles. The fraction of sp³-hybridized carbons (Fsp3) is 0.400. The summed E-state index contributed by atoms with van der Waals surface area (Å²) >= 11 is 0. The molecule has 104 valence electrons. The van der Waals surface area contributed by atoms with E-state index in [1.54, 1.807) is 0 Å². The first-order valence-corrected chi connectivity index (χ1v) is 6.98. The predicted octanol–water partition coefficient (Wildman–Crippen LogP) is 2.97. The van der Waals surface area contributed by atoms with Crippen molar-refractivity contribution in [2.24, 2.45) is 13.0 Å². The molecule has 0 bridgehead atoms. The van der Waals surface area contributed by atoms with Crippen molar-refractivity contribution in [1.82, 2.24) is 19.7 Å². The van der Waals surface area contributed by atoms with Crippen LogP contribution in [0, 0.1) is 5.92 Å². The van der Waals surface area contributed by atoms with Crippen molar-refractivity contribution in [3.63, 3.8) is 0 Å². The summed E-state index contributed by atoms with van der Waals surface area (Å²) in [6.45, 7) is 5.27. The Morgan fingerprint density at radius 1 is 1.20 bits per heavy atom. The maximum absolute atomic E-state index is 4.59. The smallest absolute Gasteiger partial charge is 0.244 e. The van der Waals surface area contributed by atoms with Gasteiger partial charge in [-0.3, -0.25) is 0 Å². The lowest BCUT2D eigenvalue weighted by atomic mass is 10.1. The van der Waals surface area contributed by atoms with Crippen LogP contribution in [0.3, 0.4) is 0 Å². The third-order valence-electron chi connectivity index (χ3n) is 3.51. The SMILES string of the molecule is CC(C)CCNc1nnc2c3ccccc3n(C)c2n1. The monoisotopic (exact) mass is 269 g/mol. The van der Waals surface area contributed by atoms with Crippen LogP contribution < -0.4 is 5.32 Å². The first-order valence-electron chi connectivity index (χ1n) is 6.98. The zero-order valence-electron chi connectivity index (χ0n) is 12.1. The Bertz CT molecular complexity index is 744. The summed E-state index contributed by atoms with van der Waals surface area (Å²) in [6, 6.07) is 8.17. The van der Waals surface area contributed by atoms with Gasteiger partial charge in [0.1, 0.15) is 5.52 Å².